The average Bonchev–Trinajstić information content (AvgIpc) is 2.91. The summed E-state index contributed by atoms with van der Waals surface area (Å²) in [4.78, 5) is 16.5. The van der Waals surface area contributed by atoms with Crippen LogP contribution >= 0.6 is 11.3 Å². The lowest BCUT2D eigenvalue weighted by Crippen LogP contribution is -2.19. The maximum atomic E-state index is 12.3. The molecule has 0 bridgehead atoms. The number of rotatable bonds is 3. The van der Waals surface area contributed by atoms with Gasteiger partial charge in [0.25, 0.3) is 5.56 Å². The van der Waals surface area contributed by atoms with Crippen LogP contribution in [0.15, 0.2) is 46.8 Å². The normalized spacial score (nSPS) is 10.8. The smallest absolute Gasteiger partial charge is 0.259 e. The van der Waals surface area contributed by atoms with Crippen LogP contribution in [0.2, 0.25) is 0 Å². The van der Waals surface area contributed by atoms with E-state index in [2.05, 4.69) is 10.3 Å². The predicted molar refractivity (Wildman–Crippen MR) is 79.0 cm³/mol. The van der Waals surface area contributed by atoms with Crippen LogP contribution in [0, 0.1) is 0 Å². The standard InChI is InChI=1S/C14H13N3OS/c1-15-13-8-10(2-5-16-13)9-17-6-3-12-11(14(17)18)4-7-19-12/h2-8H,9H2,1H3,(H,15,16). The van der Waals surface area contributed by atoms with E-state index in [1.165, 1.54) is 0 Å². The number of nitrogens with zero attached hydrogens (tertiary/aromatic N) is 2. The monoisotopic (exact) mass is 271 g/mol. The first-order chi connectivity index (χ1) is 9.28. The van der Waals surface area contributed by atoms with Gasteiger partial charge in [-0.2, -0.15) is 0 Å². The summed E-state index contributed by atoms with van der Waals surface area (Å²) >= 11 is 1.59. The van der Waals surface area contributed by atoms with E-state index in [4.69, 9.17) is 0 Å². The van der Waals surface area contributed by atoms with Crippen molar-refractivity contribution in [2.45, 2.75) is 6.54 Å². The van der Waals surface area contributed by atoms with Gasteiger partial charge in [0.05, 0.1) is 11.9 Å². The summed E-state index contributed by atoms with van der Waals surface area (Å²) in [6.07, 6.45) is 3.59. The molecule has 96 valence electrons. The fourth-order valence-electron chi connectivity index (χ4n) is 2.04. The van der Waals surface area contributed by atoms with E-state index in [-0.39, 0.29) is 5.56 Å². The van der Waals surface area contributed by atoms with Crippen molar-refractivity contribution < 1.29 is 0 Å². The third-order valence-electron chi connectivity index (χ3n) is 3.03. The number of aromatic nitrogens is 2. The van der Waals surface area contributed by atoms with Crippen LogP contribution in [0.1, 0.15) is 5.56 Å². The first kappa shape index (κ1) is 11.9. The molecule has 1 N–H and O–H groups in total. The van der Waals surface area contributed by atoms with Crippen LogP contribution in [0.25, 0.3) is 10.1 Å². The third-order valence-corrected chi connectivity index (χ3v) is 3.91. The van der Waals surface area contributed by atoms with Crippen LogP contribution in [0.5, 0.6) is 0 Å². The Bertz CT molecular complexity index is 775. The third kappa shape index (κ3) is 2.24. The molecule has 3 heterocycles. The van der Waals surface area contributed by atoms with Crippen LogP contribution in [-0.4, -0.2) is 16.6 Å². The van der Waals surface area contributed by atoms with Gasteiger partial charge >= 0.3 is 0 Å². The highest BCUT2D eigenvalue weighted by atomic mass is 32.1. The maximum absolute atomic E-state index is 12.3. The number of pyridine rings is 2. The molecule has 0 aliphatic carbocycles. The van der Waals surface area contributed by atoms with Crippen molar-refractivity contribution >= 4 is 27.2 Å². The minimum Gasteiger partial charge on any atom is -0.373 e. The first-order valence-corrected chi connectivity index (χ1v) is 6.85. The molecule has 0 aromatic carbocycles. The van der Waals surface area contributed by atoms with Gasteiger partial charge in [-0.3, -0.25) is 4.79 Å². The fraction of sp³-hybridized carbons (Fsp3) is 0.143. The molecule has 0 fully saturated rings. The van der Waals surface area contributed by atoms with E-state index in [9.17, 15) is 4.79 Å². The molecule has 0 amide bonds. The fourth-order valence-corrected chi connectivity index (χ4v) is 2.81. The highest BCUT2D eigenvalue weighted by molar-refractivity contribution is 7.17. The number of hydrogen-bond donors (Lipinski definition) is 1. The number of thiophene rings is 1. The second kappa shape index (κ2) is 4.85. The molecular weight excluding hydrogens is 258 g/mol. The maximum Gasteiger partial charge on any atom is 0.259 e. The summed E-state index contributed by atoms with van der Waals surface area (Å²) in [6.45, 7) is 0.557. The Hall–Kier alpha value is -2.14. The van der Waals surface area contributed by atoms with Crippen molar-refractivity contribution in [2.24, 2.45) is 0 Å². The molecule has 0 atom stereocenters. The van der Waals surface area contributed by atoms with E-state index in [1.807, 2.05) is 42.9 Å². The Kier molecular flexibility index (Phi) is 3.05. The molecular formula is C14H13N3OS. The van der Waals surface area contributed by atoms with Gasteiger partial charge in [-0.1, -0.05) is 0 Å². The molecule has 0 saturated heterocycles. The summed E-state index contributed by atoms with van der Waals surface area (Å²) < 4.78 is 2.76. The van der Waals surface area contributed by atoms with Gasteiger partial charge in [0, 0.05) is 24.1 Å². The van der Waals surface area contributed by atoms with Gasteiger partial charge in [-0.05, 0) is 35.2 Å². The molecule has 3 aromatic rings. The lowest BCUT2D eigenvalue weighted by molar-refractivity contribution is 0.767. The molecule has 0 aliphatic heterocycles. The Balaban J connectivity index is 2.00. The van der Waals surface area contributed by atoms with Crippen molar-refractivity contribution in [3.8, 4) is 0 Å². The summed E-state index contributed by atoms with van der Waals surface area (Å²) in [5, 5.41) is 5.73. The van der Waals surface area contributed by atoms with Gasteiger partial charge in [0.1, 0.15) is 5.82 Å². The number of fused-ring (bicyclic) bond motifs is 1. The summed E-state index contributed by atoms with van der Waals surface area (Å²) in [7, 11) is 1.83. The van der Waals surface area contributed by atoms with Crippen molar-refractivity contribution in [2.75, 3.05) is 12.4 Å². The first-order valence-electron chi connectivity index (χ1n) is 5.97. The van der Waals surface area contributed by atoms with Gasteiger partial charge in [-0.15, -0.1) is 11.3 Å². The molecule has 0 unspecified atom stereocenters. The van der Waals surface area contributed by atoms with Gasteiger partial charge in [0.2, 0.25) is 0 Å². The van der Waals surface area contributed by atoms with Crippen LogP contribution in [-0.2, 0) is 6.54 Å². The molecule has 0 aliphatic rings. The largest absolute Gasteiger partial charge is 0.373 e. The van der Waals surface area contributed by atoms with Crippen LogP contribution in [0.3, 0.4) is 0 Å². The van der Waals surface area contributed by atoms with E-state index >= 15 is 0 Å². The Morgan fingerprint density at radius 1 is 1.37 bits per heavy atom. The van der Waals surface area contributed by atoms with E-state index < -0.39 is 0 Å². The Morgan fingerprint density at radius 3 is 3.11 bits per heavy atom. The van der Waals surface area contributed by atoms with Crippen molar-refractivity contribution in [3.05, 3.63) is 58.0 Å². The zero-order valence-corrected chi connectivity index (χ0v) is 11.3. The van der Waals surface area contributed by atoms with Gasteiger partial charge < -0.3 is 9.88 Å². The molecule has 3 aromatic heterocycles. The topological polar surface area (TPSA) is 46.9 Å². The minimum atomic E-state index is 0.0570. The molecule has 0 spiro atoms. The molecule has 0 radical (unpaired) electrons. The molecule has 0 saturated carbocycles. The highest BCUT2D eigenvalue weighted by Gasteiger charge is 2.04. The summed E-state index contributed by atoms with van der Waals surface area (Å²) in [5.74, 6) is 0.808. The zero-order chi connectivity index (χ0) is 13.2. The summed E-state index contributed by atoms with van der Waals surface area (Å²) in [6, 6.07) is 7.74. The lowest BCUT2D eigenvalue weighted by atomic mass is 10.2. The molecule has 5 heteroatoms. The van der Waals surface area contributed by atoms with Gasteiger partial charge in [0.15, 0.2) is 0 Å². The van der Waals surface area contributed by atoms with Crippen molar-refractivity contribution in [1.29, 1.82) is 0 Å². The summed E-state index contributed by atoms with van der Waals surface area (Å²) in [5.41, 5.74) is 1.11. The predicted octanol–water partition coefficient (Wildman–Crippen LogP) is 2.55. The SMILES string of the molecule is CNc1cc(Cn2ccc3sccc3c2=O)ccn1. The average molecular weight is 271 g/mol. The number of anilines is 1. The van der Waals surface area contributed by atoms with Crippen molar-refractivity contribution in [3.63, 3.8) is 0 Å². The zero-order valence-electron chi connectivity index (χ0n) is 10.5. The number of nitrogens with one attached hydrogen (secondary N) is 1. The second-order valence-electron chi connectivity index (χ2n) is 4.25. The lowest BCUT2D eigenvalue weighted by Gasteiger charge is -2.07. The van der Waals surface area contributed by atoms with Crippen LogP contribution < -0.4 is 10.9 Å². The van der Waals surface area contributed by atoms with E-state index in [1.54, 1.807) is 22.1 Å². The highest BCUT2D eigenvalue weighted by Crippen LogP contribution is 2.16. The van der Waals surface area contributed by atoms with Crippen LogP contribution in [0.4, 0.5) is 5.82 Å². The van der Waals surface area contributed by atoms with E-state index in [0.717, 1.165) is 21.5 Å². The second-order valence-corrected chi connectivity index (χ2v) is 5.19. The molecule has 19 heavy (non-hydrogen) atoms. The minimum absolute atomic E-state index is 0.0570. The number of hydrogen-bond acceptors (Lipinski definition) is 4. The van der Waals surface area contributed by atoms with E-state index in [0.29, 0.717) is 6.54 Å². The van der Waals surface area contributed by atoms with Crippen molar-refractivity contribution in [1.82, 2.24) is 9.55 Å². The van der Waals surface area contributed by atoms with Gasteiger partial charge in [-0.25, -0.2) is 4.98 Å². The quantitative estimate of drug-likeness (QED) is 0.796. The molecule has 4 nitrogen and oxygen atoms in total. The molecule has 3 rings (SSSR count). The Labute approximate surface area is 114 Å². The Morgan fingerprint density at radius 2 is 2.26 bits per heavy atom.